The Kier molecular flexibility index (Phi) is 17.5. The van der Waals surface area contributed by atoms with Crippen LogP contribution in [0.25, 0.3) is 0 Å². The Bertz CT molecular complexity index is 2740. The number of carboxylic acids is 1. The average Bonchev–Trinajstić information content (AvgIpc) is 3.30. The minimum atomic E-state index is -0.723. The third-order valence-corrected chi connectivity index (χ3v) is 10.9. The number of aliphatic carboxylic acids is 1. The van der Waals surface area contributed by atoms with Crippen molar-refractivity contribution in [1.29, 1.82) is 0 Å². The van der Waals surface area contributed by atoms with Gasteiger partial charge in [-0.25, -0.2) is 0 Å². The quantitative estimate of drug-likeness (QED) is 0.0986. The van der Waals surface area contributed by atoms with Gasteiger partial charge in [0.1, 0.15) is 0 Å². The van der Waals surface area contributed by atoms with Crippen molar-refractivity contribution in [3.63, 3.8) is 0 Å². The van der Waals surface area contributed by atoms with Crippen LogP contribution in [0.5, 0.6) is 5.75 Å². The predicted molar refractivity (Wildman–Crippen MR) is 267 cm³/mol. The van der Waals surface area contributed by atoms with Crippen molar-refractivity contribution in [1.82, 2.24) is 0 Å². The first-order valence-electron chi connectivity index (χ1n) is 22.6. The van der Waals surface area contributed by atoms with Crippen molar-refractivity contribution >= 4 is 5.97 Å². The van der Waals surface area contributed by atoms with E-state index < -0.39 is 5.97 Å². The molecule has 0 fully saturated rings. The van der Waals surface area contributed by atoms with E-state index in [0.717, 1.165) is 107 Å². The summed E-state index contributed by atoms with van der Waals surface area (Å²) in [6.07, 6.45) is 8.05. The molecule has 0 heterocycles. The number of aryl methyl sites for hydroxylation is 5. The van der Waals surface area contributed by atoms with Crippen LogP contribution >= 0.6 is 0 Å². The van der Waals surface area contributed by atoms with E-state index in [1.807, 2.05) is 60.7 Å². The van der Waals surface area contributed by atoms with E-state index in [1.165, 1.54) is 0 Å². The second-order valence-corrected chi connectivity index (χ2v) is 16.6. The van der Waals surface area contributed by atoms with E-state index in [1.54, 1.807) is 0 Å². The van der Waals surface area contributed by atoms with Crippen LogP contribution in [-0.2, 0) is 4.79 Å². The molecule has 0 bridgehead atoms. The summed E-state index contributed by atoms with van der Waals surface area (Å²) in [4.78, 5) is 10.9. The highest BCUT2D eigenvalue weighted by molar-refractivity contribution is 5.78. The van der Waals surface area contributed by atoms with Crippen LogP contribution in [0.2, 0.25) is 0 Å². The molecule has 65 heavy (non-hydrogen) atoms. The van der Waals surface area contributed by atoms with Gasteiger partial charge in [-0.3, -0.25) is 4.79 Å². The van der Waals surface area contributed by atoms with Crippen molar-refractivity contribution in [3.05, 3.63) is 205 Å². The summed E-state index contributed by atoms with van der Waals surface area (Å²) in [5, 5.41) is 8.97. The molecule has 6 rings (SSSR count). The maximum atomic E-state index is 10.9. The van der Waals surface area contributed by atoms with E-state index >= 15 is 0 Å². The minimum absolute atomic E-state index is 0.241. The first kappa shape index (κ1) is 46.9. The molecule has 0 aliphatic carbocycles. The molecule has 1 N–H and O–H groups in total. The molecule has 0 aromatic heterocycles. The molecule has 322 valence electrons. The highest BCUT2D eigenvalue weighted by Gasteiger charge is 2.22. The van der Waals surface area contributed by atoms with Crippen LogP contribution in [-0.4, -0.2) is 17.7 Å². The third kappa shape index (κ3) is 15.0. The number of unbranched alkanes of at least 4 members (excludes halogenated alkanes) is 7. The van der Waals surface area contributed by atoms with E-state index in [4.69, 9.17) is 9.84 Å². The fourth-order valence-electron chi connectivity index (χ4n) is 6.96. The van der Waals surface area contributed by atoms with Crippen molar-refractivity contribution in [2.45, 2.75) is 92.4 Å². The second kappa shape index (κ2) is 24.3. The van der Waals surface area contributed by atoms with E-state index in [0.29, 0.717) is 40.2 Å². The third-order valence-electron chi connectivity index (χ3n) is 10.9. The minimum Gasteiger partial charge on any atom is -0.491 e. The lowest BCUT2D eigenvalue weighted by molar-refractivity contribution is -0.137. The Labute approximate surface area is 387 Å². The van der Waals surface area contributed by atoms with Crippen LogP contribution in [0.1, 0.15) is 141 Å². The zero-order chi connectivity index (χ0) is 45.8. The van der Waals surface area contributed by atoms with Gasteiger partial charge in [0.25, 0.3) is 0 Å². The van der Waals surface area contributed by atoms with Crippen molar-refractivity contribution < 1.29 is 14.6 Å². The number of hydrogen-bond donors (Lipinski definition) is 1. The molecule has 0 radical (unpaired) electrons. The maximum Gasteiger partial charge on any atom is 0.303 e. The molecule has 6 aromatic rings. The number of benzene rings is 6. The van der Waals surface area contributed by atoms with Gasteiger partial charge in [-0.2, -0.15) is 0 Å². The molecule has 0 amide bonds. The molecule has 0 spiro atoms. The molecule has 3 nitrogen and oxygen atoms in total. The van der Waals surface area contributed by atoms with Crippen LogP contribution < -0.4 is 4.74 Å². The Morgan fingerprint density at radius 2 is 0.600 bits per heavy atom. The highest BCUT2D eigenvalue weighted by Crippen LogP contribution is 2.34. The van der Waals surface area contributed by atoms with Crippen LogP contribution in [0.15, 0.2) is 121 Å². The van der Waals surface area contributed by atoms with Gasteiger partial charge in [0.2, 0.25) is 0 Å². The summed E-state index contributed by atoms with van der Waals surface area (Å²) in [5.41, 5.74) is 13.3. The van der Waals surface area contributed by atoms with E-state index in [-0.39, 0.29) is 6.42 Å². The van der Waals surface area contributed by atoms with Crippen molar-refractivity contribution in [2.24, 2.45) is 0 Å². The van der Waals surface area contributed by atoms with E-state index in [2.05, 4.69) is 154 Å². The zero-order valence-corrected chi connectivity index (χ0v) is 38.4. The number of ether oxygens (including phenoxy) is 1. The average molecular weight is 849 g/mol. The van der Waals surface area contributed by atoms with Crippen LogP contribution in [0.3, 0.4) is 0 Å². The summed E-state index contributed by atoms with van der Waals surface area (Å²) in [6.45, 7) is 10.8. The smallest absolute Gasteiger partial charge is 0.303 e. The largest absolute Gasteiger partial charge is 0.491 e. The topological polar surface area (TPSA) is 46.5 Å². The molecule has 6 aromatic carbocycles. The lowest BCUT2D eigenvalue weighted by Crippen LogP contribution is -2.08. The molecular weight excluding hydrogens is 793 g/mol. The summed E-state index contributed by atoms with van der Waals surface area (Å²) >= 11 is 0. The fourth-order valence-corrected chi connectivity index (χ4v) is 6.96. The molecular formula is C62H56O3. The molecule has 0 aliphatic rings. The van der Waals surface area contributed by atoms with Gasteiger partial charge in [-0.1, -0.05) is 186 Å². The summed E-state index contributed by atoms with van der Waals surface area (Å²) in [5.74, 6) is 34.9. The predicted octanol–water partition coefficient (Wildman–Crippen LogP) is 13.2. The molecule has 0 aliphatic heterocycles. The Balaban J connectivity index is 1.58. The first-order chi connectivity index (χ1) is 31.6. The number of carbonyl (C=O) groups is 1. The molecule has 0 atom stereocenters. The number of carboxylic acid groups (broad SMARTS) is 1. The zero-order valence-electron chi connectivity index (χ0n) is 38.4. The summed E-state index contributed by atoms with van der Waals surface area (Å²) in [6, 6.07) is 41.0. The van der Waals surface area contributed by atoms with Crippen LogP contribution in [0, 0.1) is 93.8 Å². The summed E-state index contributed by atoms with van der Waals surface area (Å²) in [7, 11) is 0. The monoisotopic (exact) mass is 848 g/mol. The fraction of sp³-hybridized carbons (Fsp3) is 0.242. The second-order valence-electron chi connectivity index (χ2n) is 16.6. The Morgan fingerprint density at radius 3 is 0.892 bits per heavy atom. The van der Waals surface area contributed by atoms with Crippen LogP contribution in [0.4, 0.5) is 0 Å². The van der Waals surface area contributed by atoms with Gasteiger partial charge >= 0.3 is 5.97 Å². The molecule has 0 unspecified atom stereocenters. The van der Waals surface area contributed by atoms with Gasteiger partial charge < -0.3 is 9.84 Å². The lowest BCUT2D eigenvalue weighted by atomic mass is 9.89. The van der Waals surface area contributed by atoms with Gasteiger partial charge in [0.05, 0.1) is 34.4 Å². The van der Waals surface area contributed by atoms with Crippen molar-refractivity contribution in [3.8, 4) is 65.0 Å². The molecule has 0 saturated carbocycles. The SMILES string of the molecule is Cc1ccc(C#Cc2c(C#Cc3ccc(C)cc3)c(C#Cc3ccc(C)cc3)c(OCCCCCCCCCCC(=O)O)c(C#Cc3ccc(C)cc3)c2C#Cc2ccc(C)cc2)cc1. The highest BCUT2D eigenvalue weighted by atomic mass is 16.5. The summed E-state index contributed by atoms with van der Waals surface area (Å²) < 4.78 is 6.97. The van der Waals surface area contributed by atoms with Gasteiger partial charge in [-0.15, -0.1) is 0 Å². The van der Waals surface area contributed by atoms with Gasteiger partial charge in [-0.05, 0) is 108 Å². The molecule has 0 saturated heterocycles. The lowest BCUT2D eigenvalue weighted by Gasteiger charge is -2.17. The Morgan fingerprint density at radius 1 is 0.354 bits per heavy atom. The standard InChI is InChI=1S/C62H56O3/c1-46-15-25-51(26-16-46)35-40-56-57(41-36-52-27-17-47(2)18-28-52)59(43-38-54-31-21-49(4)22-32-54)62(65-45-13-11-9-7-6-8-10-12-14-61(63)64)60(44-39-55-33-23-50(5)24-34-55)58(56)42-37-53-29-19-48(3)20-30-53/h15-34H,6-14,45H2,1-5H3,(H,63,64). The first-order valence-corrected chi connectivity index (χ1v) is 22.6. The van der Waals surface area contributed by atoms with Gasteiger partial charge in [0, 0.05) is 34.2 Å². The van der Waals surface area contributed by atoms with Crippen molar-refractivity contribution in [2.75, 3.05) is 6.61 Å². The number of rotatable bonds is 12. The number of hydrogen-bond acceptors (Lipinski definition) is 2. The Hall–Kier alpha value is -7.61. The van der Waals surface area contributed by atoms with E-state index in [9.17, 15) is 4.79 Å². The van der Waals surface area contributed by atoms with Gasteiger partial charge in [0.15, 0.2) is 5.75 Å². The maximum absolute atomic E-state index is 10.9. The normalized spacial score (nSPS) is 10.0. The molecule has 3 heteroatoms.